The third-order valence-electron chi connectivity index (χ3n) is 7.85. The first-order valence-corrected chi connectivity index (χ1v) is 14.4. The summed E-state index contributed by atoms with van der Waals surface area (Å²) in [4.78, 5) is 32.0. The van der Waals surface area contributed by atoms with Gasteiger partial charge in [0.1, 0.15) is 11.6 Å². The van der Waals surface area contributed by atoms with Crippen LogP contribution in [-0.2, 0) is 11.3 Å². The summed E-state index contributed by atoms with van der Waals surface area (Å²) in [6.07, 6.45) is 0.772. The van der Waals surface area contributed by atoms with Crippen LogP contribution in [0.15, 0.2) is 103 Å². The predicted molar refractivity (Wildman–Crippen MR) is 163 cm³/mol. The number of nitrogens with zero attached hydrogens (tertiary/aromatic N) is 2. The van der Waals surface area contributed by atoms with Crippen LogP contribution in [-0.4, -0.2) is 43.5 Å². The number of hydrogen-bond donors (Lipinski definition) is 1. The van der Waals surface area contributed by atoms with Crippen LogP contribution in [0, 0.1) is 5.82 Å². The second kappa shape index (κ2) is 13.3. The van der Waals surface area contributed by atoms with E-state index in [1.165, 1.54) is 12.1 Å². The molecule has 0 fully saturated rings. The van der Waals surface area contributed by atoms with Crippen molar-refractivity contribution in [2.75, 3.05) is 31.6 Å². The highest BCUT2D eigenvalue weighted by Gasteiger charge is 2.44. The molecule has 6 nitrogen and oxygen atoms in total. The molecule has 0 aliphatic carbocycles. The molecular formula is C35H36FN3O3. The molecule has 4 aromatic rings. The van der Waals surface area contributed by atoms with Crippen LogP contribution < -0.4 is 15.0 Å². The van der Waals surface area contributed by atoms with Crippen molar-refractivity contribution in [3.63, 3.8) is 0 Å². The lowest BCUT2D eigenvalue weighted by Crippen LogP contribution is -2.47. The molecule has 216 valence electrons. The first kappa shape index (κ1) is 28.9. The van der Waals surface area contributed by atoms with E-state index in [2.05, 4.69) is 29.3 Å². The van der Waals surface area contributed by atoms with Crippen molar-refractivity contribution in [1.82, 2.24) is 10.2 Å². The average Bonchev–Trinajstić information content (AvgIpc) is 3.03. The number of amides is 2. The Morgan fingerprint density at radius 3 is 2.31 bits per heavy atom. The lowest BCUT2D eigenvalue weighted by Gasteiger charge is -2.42. The zero-order valence-corrected chi connectivity index (χ0v) is 24.0. The number of hydrogen-bond acceptors (Lipinski definition) is 4. The summed E-state index contributed by atoms with van der Waals surface area (Å²) in [7, 11) is 1.60. The Balaban J connectivity index is 1.44. The first-order valence-electron chi connectivity index (χ1n) is 14.4. The fourth-order valence-corrected chi connectivity index (χ4v) is 5.71. The van der Waals surface area contributed by atoms with E-state index in [0.29, 0.717) is 23.4 Å². The monoisotopic (exact) mass is 565 g/mol. The van der Waals surface area contributed by atoms with Crippen molar-refractivity contribution < 1.29 is 18.7 Å². The highest BCUT2D eigenvalue weighted by atomic mass is 19.1. The van der Waals surface area contributed by atoms with Gasteiger partial charge in [-0.05, 0) is 72.5 Å². The molecule has 1 N–H and O–H groups in total. The topological polar surface area (TPSA) is 61.9 Å². The van der Waals surface area contributed by atoms with Gasteiger partial charge in [-0.25, -0.2) is 4.39 Å². The van der Waals surface area contributed by atoms with Gasteiger partial charge in [-0.2, -0.15) is 0 Å². The van der Waals surface area contributed by atoms with Crippen LogP contribution in [0.2, 0.25) is 0 Å². The second-order valence-corrected chi connectivity index (χ2v) is 10.4. The largest absolute Gasteiger partial charge is 0.497 e. The average molecular weight is 566 g/mol. The van der Waals surface area contributed by atoms with E-state index in [1.54, 1.807) is 30.2 Å². The van der Waals surface area contributed by atoms with Crippen LogP contribution >= 0.6 is 0 Å². The number of halogens is 1. The van der Waals surface area contributed by atoms with Gasteiger partial charge in [0.2, 0.25) is 5.91 Å². The van der Waals surface area contributed by atoms with E-state index in [9.17, 15) is 14.0 Å². The van der Waals surface area contributed by atoms with Gasteiger partial charge in [-0.15, -0.1) is 0 Å². The molecule has 0 unspecified atom stereocenters. The molecule has 0 bridgehead atoms. The summed E-state index contributed by atoms with van der Waals surface area (Å²) in [5, 5.41) is 3.18. The summed E-state index contributed by atoms with van der Waals surface area (Å²) in [5.74, 6) is -0.591. The molecule has 0 radical (unpaired) electrons. The third kappa shape index (κ3) is 6.30. The summed E-state index contributed by atoms with van der Waals surface area (Å²) < 4.78 is 19.1. The fraction of sp³-hybridized carbons (Fsp3) is 0.257. The summed E-state index contributed by atoms with van der Waals surface area (Å²) in [5.41, 5.74) is 3.97. The summed E-state index contributed by atoms with van der Waals surface area (Å²) >= 11 is 0. The minimum absolute atomic E-state index is 0.136. The van der Waals surface area contributed by atoms with E-state index in [1.807, 2.05) is 60.7 Å². The zero-order chi connectivity index (χ0) is 29.5. The molecule has 1 heterocycles. The molecule has 1 aliphatic heterocycles. The maximum absolute atomic E-state index is 14.1. The van der Waals surface area contributed by atoms with Crippen LogP contribution in [0.1, 0.15) is 52.4 Å². The molecule has 1 aliphatic rings. The molecule has 0 spiro atoms. The van der Waals surface area contributed by atoms with E-state index in [0.717, 1.165) is 36.3 Å². The number of carbonyl (C=O) groups excluding carboxylic acids is 2. The molecule has 0 saturated heterocycles. The van der Waals surface area contributed by atoms with Gasteiger partial charge in [0.25, 0.3) is 5.91 Å². The van der Waals surface area contributed by atoms with Gasteiger partial charge in [-0.1, -0.05) is 60.7 Å². The van der Waals surface area contributed by atoms with E-state index < -0.39 is 12.0 Å². The molecule has 5 rings (SSSR count). The van der Waals surface area contributed by atoms with Gasteiger partial charge in [0, 0.05) is 37.4 Å². The minimum atomic E-state index is -0.635. The van der Waals surface area contributed by atoms with Gasteiger partial charge >= 0.3 is 0 Å². The smallest absolute Gasteiger partial charge is 0.255 e. The Kier molecular flexibility index (Phi) is 9.17. The van der Waals surface area contributed by atoms with Crippen molar-refractivity contribution in [3.8, 4) is 5.75 Å². The number of ether oxygens (including phenoxy) is 1. The van der Waals surface area contributed by atoms with E-state index in [4.69, 9.17) is 4.74 Å². The standard InChI is InChI=1S/C35H36FN3O3/c1-3-38(28-10-5-4-6-11-28)23-9-22-37-34(40)32-30-12-7-8-13-31(30)35(41)39(24-25-14-18-27(36)19-15-25)33(32)26-16-20-29(42-2)21-17-26/h4-8,10-21,32-33H,3,9,22-24H2,1-2H3,(H,37,40)/t32-,33-/m0/s1. The number of para-hydroxylation sites is 1. The number of nitrogens with one attached hydrogen (secondary N) is 1. The molecular weight excluding hydrogens is 529 g/mol. The number of anilines is 1. The van der Waals surface area contributed by atoms with Gasteiger partial charge in [-0.3, -0.25) is 9.59 Å². The number of fused-ring (bicyclic) bond motifs is 1. The number of methoxy groups -OCH3 is 1. The van der Waals surface area contributed by atoms with Gasteiger partial charge in [0.15, 0.2) is 0 Å². The Hall–Kier alpha value is -4.65. The second-order valence-electron chi connectivity index (χ2n) is 10.4. The van der Waals surface area contributed by atoms with Crippen LogP contribution in [0.25, 0.3) is 0 Å². The van der Waals surface area contributed by atoms with Crippen LogP contribution in [0.4, 0.5) is 10.1 Å². The zero-order valence-electron chi connectivity index (χ0n) is 24.0. The number of benzene rings is 4. The van der Waals surface area contributed by atoms with Crippen molar-refractivity contribution in [3.05, 3.63) is 131 Å². The van der Waals surface area contributed by atoms with E-state index in [-0.39, 0.29) is 24.2 Å². The van der Waals surface area contributed by atoms with E-state index >= 15 is 0 Å². The quantitative estimate of drug-likeness (QED) is 0.215. The predicted octanol–water partition coefficient (Wildman–Crippen LogP) is 6.35. The van der Waals surface area contributed by atoms with Crippen molar-refractivity contribution in [2.45, 2.75) is 31.8 Å². The SMILES string of the molecule is CCN(CCCNC(=O)[C@H]1c2ccccc2C(=O)N(Cc2ccc(F)cc2)[C@H]1c1ccc(OC)cc1)c1ccccc1. The van der Waals surface area contributed by atoms with Crippen molar-refractivity contribution >= 4 is 17.5 Å². The van der Waals surface area contributed by atoms with Gasteiger partial charge in [0.05, 0.1) is 19.1 Å². The highest BCUT2D eigenvalue weighted by Crippen LogP contribution is 2.44. The Labute approximate surface area is 246 Å². The Morgan fingerprint density at radius 1 is 0.929 bits per heavy atom. The molecule has 0 aromatic heterocycles. The Bertz CT molecular complexity index is 1490. The fourth-order valence-electron chi connectivity index (χ4n) is 5.71. The third-order valence-corrected chi connectivity index (χ3v) is 7.85. The lowest BCUT2D eigenvalue weighted by atomic mass is 9.79. The van der Waals surface area contributed by atoms with Gasteiger partial charge < -0.3 is 19.9 Å². The molecule has 0 saturated carbocycles. The normalized spacial score (nSPS) is 16.1. The summed E-state index contributed by atoms with van der Waals surface area (Å²) in [6, 6.07) is 30.6. The number of rotatable bonds is 11. The maximum atomic E-state index is 14.1. The lowest BCUT2D eigenvalue weighted by molar-refractivity contribution is -0.124. The molecule has 42 heavy (non-hydrogen) atoms. The molecule has 2 atom stereocenters. The maximum Gasteiger partial charge on any atom is 0.255 e. The minimum Gasteiger partial charge on any atom is -0.497 e. The van der Waals surface area contributed by atoms with Crippen molar-refractivity contribution in [2.24, 2.45) is 0 Å². The molecule has 2 amide bonds. The van der Waals surface area contributed by atoms with Crippen LogP contribution in [0.3, 0.4) is 0 Å². The number of carbonyl (C=O) groups is 2. The first-order chi connectivity index (χ1) is 20.5. The molecule has 4 aromatic carbocycles. The Morgan fingerprint density at radius 2 is 1.62 bits per heavy atom. The van der Waals surface area contributed by atoms with Crippen molar-refractivity contribution in [1.29, 1.82) is 0 Å². The van der Waals surface area contributed by atoms with Crippen LogP contribution in [0.5, 0.6) is 5.75 Å². The molecule has 7 heteroatoms. The summed E-state index contributed by atoms with van der Waals surface area (Å²) in [6.45, 7) is 4.53. The highest BCUT2D eigenvalue weighted by molar-refractivity contribution is 6.01.